The van der Waals surface area contributed by atoms with Crippen molar-refractivity contribution in [3.05, 3.63) is 24.3 Å². The number of rotatable bonds is 9. The third-order valence-corrected chi connectivity index (χ3v) is 3.66. The molecule has 2 amide bonds. The Morgan fingerprint density at radius 1 is 1.22 bits per heavy atom. The number of nitrogens with one attached hydrogen (secondary N) is 1. The molecule has 5 heteroatoms. The summed E-state index contributed by atoms with van der Waals surface area (Å²) in [6.07, 6.45) is 2.62. The zero-order chi connectivity index (χ0) is 17.2. The molecule has 1 aromatic carbocycles. The van der Waals surface area contributed by atoms with E-state index in [-0.39, 0.29) is 24.3 Å². The molecular weight excluding hydrogens is 292 g/mol. The van der Waals surface area contributed by atoms with Crippen molar-refractivity contribution < 1.29 is 14.3 Å². The first kappa shape index (κ1) is 19.0. The summed E-state index contributed by atoms with van der Waals surface area (Å²) in [5.41, 5.74) is 0.616. The number of nitrogens with zero attached hydrogens (tertiary/aromatic N) is 1. The molecule has 1 atom stereocenters. The highest BCUT2D eigenvalue weighted by molar-refractivity contribution is 5.95. The summed E-state index contributed by atoms with van der Waals surface area (Å²) < 4.78 is 5.22. The number of hydrogen-bond donors (Lipinski definition) is 1. The highest BCUT2D eigenvalue weighted by Gasteiger charge is 2.21. The van der Waals surface area contributed by atoms with Gasteiger partial charge < -0.3 is 15.0 Å². The van der Waals surface area contributed by atoms with Gasteiger partial charge in [-0.05, 0) is 25.0 Å². The lowest BCUT2D eigenvalue weighted by Crippen LogP contribution is -2.41. The van der Waals surface area contributed by atoms with Crippen LogP contribution in [0.2, 0.25) is 0 Å². The Bertz CT molecular complexity index is 517. The van der Waals surface area contributed by atoms with E-state index in [4.69, 9.17) is 4.74 Å². The van der Waals surface area contributed by atoms with Gasteiger partial charge in [-0.15, -0.1) is 0 Å². The highest BCUT2D eigenvalue weighted by Crippen LogP contribution is 2.23. The number of para-hydroxylation sites is 2. The maximum atomic E-state index is 12.5. The number of methoxy groups -OCH3 is 1. The minimum Gasteiger partial charge on any atom is -0.495 e. The number of benzene rings is 1. The summed E-state index contributed by atoms with van der Waals surface area (Å²) >= 11 is 0. The molecule has 0 saturated heterocycles. The molecule has 0 spiro atoms. The van der Waals surface area contributed by atoms with Crippen molar-refractivity contribution >= 4 is 17.5 Å². The second kappa shape index (κ2) is 9.87. The van der Waals surface area contributed by atoms with Gasteiger partial charge in [0.1, 0.15) is 5.75 Å². The zero-order valence-electron chi connectivity index (χ0n) is 14.6. The zero-order valence-corrected chi connectivity index (χ0v) is 14.6. The van der Waals surface area contributed by atoms with Crippen LogP contribution < -0.4 is 10.1 Å². The average molecular weight is 320 g/mol. The Morgan fingerprint density at radius 3 is 2.52 bits per heavy atom. The first-order valence-corrected chi connectivity index (χ1v) is 8.25. The minimum absolute atomic E-state index is 0.0453. The van der Waals surface area contributed by atoms with Crippen molar-refractivity contribution in [2.75, 3.05) is 25.5 Å². The predicted molar refractivity (Wildman–Crippen MR) is 92.6 cm³/mol. The van der Waals surface area contributed by atoms with Crippen LogP contribution in [-0.4, -0.2) is 36.9 Å². The van der Waals surface area contributed by atoms with Crippen LogP contribution >= 0.6 is 0 Å². The van der Waals surface area contributed by atoms with E-state index in [2.05, 4.69) is 12.2 Å². The van der Waals surface area contributed by atoms with E-state index in [9.17, 15) is 9.59 Å². The first-order valence-electron chi connectivity index (χ1n) is 8.25. The number of hydrogen-bond acceptors (Lipinski definition) is 3. The molecule has 0 aromatic heterocycles. The van der Waals surface area contributed by atoms with Crippen LogP contribution in [-0.2, 0) is 9.59 Å². The van der Waals surface area contributed by atoms with Crippen LogP contribution in [0.3, 0.4) is 0 Å². The molecule has 0 aliphatic carbocycles. The summed E-state index contributed by atoms with van der Waals surface area (Å²) in [5.74, 6) is 0.392. The Balaban J connectivity index is 2.72. The Kier molecular flexibility index (Phi) is 8.16. The van der Waals surface area contributed by atoms with Crippen molar-refractivity contribution in [1.29, 1.82) is 0 Å². The second-order valence-corrected chi connectivity index (χ2v) is 5.70. The van der Waals surface area contributed by atoms with Crippen molar-refractivity contribution in [2.45, 2.75) is 40.0 Å². The third kappa shape index (κ3) is 5.93. The first-order chi connectivity index (χ1) is 11.0. The summed E-state index contributed by atoms with van der Waals surface area (Å²) in [7, 11) is 1.56. The summed E-state index contributed by atoms with van der Waals surface area (Å²) in [6, 6.07) is 7.24. The van der Waals surface area contributed by atoms with Gasteiger partial charge in [0.05, 0.1) is 19.3 Å². The lowest BCUT2D eigenvalue weighted by atomic mass is 10.0. The van der Waals surface area contributed by atoms with Crippen LogP contribution in [0, 0.1) is 5.92 Å². The second-order valence-electron chi connectivity index (χ2n) is 5.70. The number of carbonyl (C=O) groups excluding carboxylic acids is 2. The molecule has 0 heterocycles. The SMILES string of the molecule is CCCC(C)C(=O)N(CCC)CC(=O)Nc1ccccc1OC. The standard InChI is InChI=1S/C18H28N2O3/c1-5-9-14(3)18(22)20(12-6-2)13-17(21)19-15-10-7-8-11-16(15)23-4/h7-8,10-11,14H,5-6,9,12-13H2,1-4H3,(H,19,21). The van der Waals surface area contributed by atoms with E-state index in [1.54, 1.807) is 24.1 Å². The summed E-state index contributed by atoms with van der Waals surface area (Å²) in [5, 5.41) is 2.82. The van der Waals surface area contributed by atoms with E-state index >= 15 is 0 Å². The molecule has 0 fully saturated rings. The van der Waals surface area contributed by atoms with Crippen LogP contribution in [0.1, 0.15) is 40.0 Å². The van der Waals surface area contributed by atoms with E-state index in [0.29, 0.717) is 18.0 Å². The number of ether oxygens (including phenoxy) is 1. The fourth-order valence-electron chi connectivity index (χ4n) is 2.52. The maximum absolute atomic E-state index is 12.5. The largest absolute Gasteiger partial charge is 0.495 e. The Hall–Kier alpha value is -2.04. The van der Waals surface area contributed by atoms with Gasteiger partial charge in [0, 0.05) is 12.5 Å². The van der Waals surface area contributed by atoms with Gasteiger partial charge in [0.15, 0.2) is 0 Å². The minimum atomic E-state index is -0.208. The average Bonchev–Trinajstić information content (AvgIpc) is 2.54. The summed E-state index contributed by atoms with van der Waals surface area (Å²) in [4.78, 5) is 26.4. The monoisotopic (exact) mass is 320 g/mol. The lowest BCUT2D eigenvalue weighted by Gasteiger charge is -2.25. The molecule has 0 saturated carbocycles. The van der Waals surface area contributed by atoms with Gasteiger partial charge in [-0.2, -0.15) is 0 Å². The van der Waals surface area contributed by atoms with E-state index < -0.39 is 0 Å². The van der Waals surface area contributed by atoms with Gasteiger partial charge in [0.2, 0.25) is 11.8 Å². The number of anilines is 1. The lowest BCUT2D eigenvalue weighted by molar-refractivity contribution is -0.138. The van der Waals surface area contributed by atoms with Gasteiger partial charge >= 0.3 is 0 Å². The molecule has 1 unspecified atom stereocenters. The Morgan fingerprint density at radius 2 is 1.91 bits per heavy atom. The van der Waals surface area contributed by atoms with Gasteiger partial charge in [-0.3, -0.25) is 9.59 Å². The normalized spacial score (nSPS) is 11.7. The molecule has 5 nitrogen and oxygen atoms in total. The molecule has 0 aliphatic heterocycles. The van der Waals surface area contributed by atoms with Crippen LogP contribution in [0.25, 0.3) is 0 Å². The van der Waals surface area contributed by atoms with Crippen molar-refractivity contribution in [1.82, 2.24) is 4.90 Å². The molecule has 1 rings (SSSR count). The topological polar surface area (TPSA) is 58.6 Å². The molecule has 0 aliphatic rings. The molecule has 23 heavy (non-hydrogen) atoms. The number of amides is 2. The quantitative estimate of drug-likeness (QED) is 0.759. The van der Waals surface area contributed by atoms with E-state index in [0.717, 1.165) is 19.3 Å². The van der Waals surface area contributed by atoms with Crippen LogP contribution in [0.5, 0.6) is 5.75 Å². The van der Waals surface area contributed by atoms with Crippen molar-refractivity contribution in [2.24, 2.45) is 5.92 Å². The smallest absolute Gasteiger partial charge is 0.244 e. The fourth-order valence-corrected chi connectivity index (χ4v) is 2.52. The van der Waals surface area contributed by atoms with Gasteiger partial charge in [-0.25, -0.2) is 0 Å². The maximum Gasteiger partial charge on any atom is 0.244 e. The fraction of sp³-hybridized carbons (Fsp3) is 0.556. The Labute approximate surface area is 139 Å². The molecule has 1 aromatic rings. The molecule has 0 radical (unpaired) electrons. The third-order valence-electron chi connectivity index (χ3n) is 3.66. The molecular formula is C18H28N2O3. The predicted octanol–water partition coefficient (Wildman–Crippen LogP) is 3.31. The highest BCUT2D eigenvalue weighted by atomic mass is 16.5. The van der Waals surface area contributed by atoms with Crippen LogP contribution in [0.15, 0.2) is 24.3 Å². The van der Waals surface area contributed by atoms with E-state index in [1.807, 2.05) is 26.0 Å². The molecule has 0 bridgehead atoms. The summed E-state index contributed by atoms with van der Waals surface area (Å²) in [6.45, 7) is 6.64. The van der Waals surface area contributed by atoms with Crippen molar-refractivity contribution in [3.8, 4) is 5.75 Å². The molecule has 128 valence electrons. The molecule has 1 N–H and O–H groups in total. The van der Waals surface area contributed by atoms with Crippen molar-refractivity contribution in [3.63, 3.8) is 0 Å². The number of carbonyl (C=O) groups is 2. The van der Waals surface area contributed by atoms with Crippen LogP contribution in [0.4, 0.5) is 5.69 Å². The van der Waals surface area contributed by atoms with E-state index in [1.165, 1.54) is 0 Å². The van der Waals surface area contributed by atoms with Gasteiger partial charge in [-0.1, -0.05) is 39.3 Å². The van der Waals surface area contributed by atoms with Gasteiger partial charge in [0.25, 0.3) is 0 Å².